The van der Waals surface area contributed by atoms with Crippen molar-refractivity contribution in [3.05, 3.63) is 42.0 Å². The molecule has 0 fully saturated rings. The molecule has 1 heterocycles. The molecule has 0 amide bonds. The molecule has 20 heavy (non-hydrogen) atoms. The van der Waals surface area contributed by atoms with E-state index in [2.05, 4.69) is 17.2 Å². The van der Waals surface area contributed by atoms with E-state index in [4.69, 9.17) is 10.5 Å². The molecule has 1 aromatic heterocycles. The first-order chi connectivity index (χ1) is 9.70. The first-order valence-corrected chi connectivity index (χ1v) is 6.73. The summed E-state index contributed by atoms with van der Waals surface area (Å²) < 4.78 is 20.4. The van der Waals surface area contributed by atoms with Crippen LogP contribution < -0.4 is 10.5 Å². The third kappa shape index (κ3) is 3.77. The van der Waals surface area contributed by atoms with E-state index in [0.29, 0.717) is 13.2 Å². The van der Waals surface area contributed by atoms with Crippen molar-refractivity contribution in [1.29, 1.82) is 0 Å². The zero-order valence-corrected chi connectivity index (χ0v) is 11.5. The van der Waals surface area contributed by atoms with E-state index in [9.17, 15) is 4.39 Å². The van der Waals surface area contributed by atoms with Crippen molar-refractivity contribution >= 4 is 0 Å². The lowest BCUT2D eigenvalue weighted by atomic mass is 10.1. The summed E-state index contributed by atoms with van der Waals surface area (Å²) in [4.78, 5) is 0. The van der Waals surface area contributed by atoms with Gasteiger partial charge in [-0.05, 0) is 18.6 Å². The van der Waals surface area contributed by atoms with E-state index in [0.717, 1.165) is 18.5 Å². The van der Waals surface area contributed by atoms with Gasteiger partial charge in [-0.15, -0.1) is 5.10 Å². The summed E-state index contributed by atoms with van der Waals surface area (Å²) in [6.07, 6.45) is 3.69. The highest BCUT2D eigenvalue weighted by atomic mass is 19.1. The van der Waals surface area contributed by atoms with Gasteiger partial charge in [0, 0.05) is 0 Å². The third-order valence-corrected chi connectivity index (χ3v) is 2.95. The van der Waals surface area contributed by atoms with Crippen molar-refractivity contribution in [3.63, 3.8) is 0 Å². The SMILES string of the molecule is CCCC(N)c1cn(CCOc2ccccc2F)nn1. The van der Waals surface area contributed by atoms with E-state index in [1.807, 2.05) is 6.20 Å². The zero-order chi connectivity index (χ0) is 14.4. The molecule has 5 nitrogen and oxygen atoms in total. The van der Waals surface area contributed by atoms with E-state index >= 15 is 0 Å². The van der Waals surface area contributed by atoms with Crippen LogP contribution in [-0.2, 0) is 6.54 Å². The van der Waals surface area contributed by atoms with Crippen LogP contribution in [0.5, 0.6) is 5.75 Å². The van der Waals surface area contributed by atoms with Crippen molar-refractivity contribution in [1.82, 2.24) is 15.0 Å². The molecule has 0 aliphatic heterocycles. The van der Waals surface area contributed by atoms with Crippen LogP contribution in [0.25, 0.3) is 0 Å². The summed E-state index contributed by atoms with van der Waals surface area (Å²) in [5.74, 6) is -0.118. The Labute approximate surface area is 117 Å². The number of para-hydroxylation sites is 1. The Morgan fingerprint density at radius 1 is 1.40 bits per heavy atom. The van der Waals surface area contributed by atoms with E-state index in [1.165, 1.54) is 6.07 Å². The van der Waals surface area contributed by atoms with Crippen molar-refractivity contribution in [2.75, 3.05) is 6.61 Å². The highest BCUT2D eigenvalue weighted by molar-refractivity contribution is 5.23. The number of benzene rings is 1. The Morgan fingerprint density at radius 3 is 2.95 bits per heavy atom. The Morgan fingerprint density at radius 2 is 2.20 bits per heavy atom. The Hall–Kier alpha value is -1.95. The number of hydrogen-bond acceptors (Lipinski definition) is 4. The Balaban J connectivity index is 1.84. The second-order valence-corrected chi connectivity index (χ2v) is 4.58. The minimum atomic E-state index is -0.364. The summed E-state index contributed by atoms with van der Waals surface area (Å²) in [6, 6.07) is 6.24. The third-order valence-electron chi connectivity index (χ3n) is 2.95. The van der Waals surface area contributed by atoms with Crippen LogP contribution in [0.4, 0.5) is 4.39 Å². The summed E-state index contributed by atoms with van der Waals surface area (Å²) in [7, 11) is 0. The van der Waals surface area contributed by atoms with Crippen LogP contribution in [0, 0.1) is 5.82 Å². The summed E-state index contributed by atoms with van der Waals surface area (Å²) in [5.41, 5.74) is 6.74. The predicted octanol–water partition coefficient (Wildman–Crippen LogP) is 2.30. The van der Waals surface area contributed by atoms with E-state index < -0.39 is 0 Å². The minimum absolute atomic E-state index is 0.0822. The molecular formula is C14H19FN4O. The topological polar surface area (TPSA) is 66.0 Å². The molecule has 0 aliphatic rings. The first kappa shape index (κ1) is 14.5. The monoisotopic (exact) mass is 278 g/mol. The average Bonchev–Trinajstić information content (AvgIpc) is 2.90. The molecule has 0 bridgehead atoms. The molecule has 2 aromatic rings. The fourth-order valence-electron chi connectivity index (χ4n) is 1.86. The van der Waals surface area contributed by atoms with Gasteiger partial charge in [0.25, 0.3) is 0 Å². The lowest BCUT2D eigenvalue weighted by Gasteiger charge is -2.06. The van der Waals surface area contributed by atoms with Crippen LogP contribution in [0.15, 0.2) is 30.5 Å². The zero-order valence-electron chi connectivity index (χ0n) is 11.5. The fraction of sp³-hybridized carbons (Fsp3) is 0.429. The maximum absolute atomic E-state index is 13.3. The van der Waals surface area contributed by atoms with E-state index in [-0.39, 0.29) is 17.6 Å². The molecule has 0 radical (unpaired) electrons. The summed E-state index contributed by atoms with van der Waals surface area (Å²) in [5, 5.41) is 8.02. The van der Waals surface area contributed by atoms with Gasteiger partial charge in [-0.25, -0.2) is 9.07 Å². The van der Waals surface area contributed by atoms with Gasteiger partial charge in [-0.3, -0.25) is 0 Å². The van der Waals surface area contributed by atoms with Crippen molar-refractivity contribution < 1.29 is 9.13 Å². The van der Waals surface area contributed by atoms with Crippen LogP contribution in [0.2, 0.25) is 0 Å². The van der Waals surface area contributed by atoms with Crippen LogP contribution in [0.1, 0.15) is 31.5 Å². The number of nitrogens with two attached hydrogens (primary N) is 1. The predicted molar refractivity (Wildman–Crippen MR) is 73.8 cm³/mol. The highest BCUT2D eigenvalue weighted by Crippen LogP contribution is 2.15. The number of nitrogens with zero attached hydrogens (tertiary/aromatic N) is 3. The summed E-state index contributed by atoms with van der Waals surface area (Å²) in [6.45, 7) is 2.90. The largest absolute Gasteiger partial charge is 0.489 e. The van der Waals surface area contributed by atoms with Gasteiger partial charge in [0.15, 0.2) is 11.6 Å². The van der Waals surface area contributed by atoms with Gasteiger partial charge in [0.1, 0.15) is 6.61 Å². The smallest absolute Gasteiger partial charge is 0.165 e. The summed E-state index contributed by atoms with van der Waals surface area (Å²) >= 11 is 0. The van der Waals surface area contributed by atoms with Gasteiger partial charge in [-0.1, -0.05) is 30.7 Å². The van der Waals surface area contributed by atoms with Crippen molar-refractivity contribution in [2.24, 2.45) is 5.73 Å². The highest BCUT2D eigenvalue weighted by Gasteiger charge is 2.09. The number of ether oxygens (including phenoxy) is 1. The van der Waals surface area contributed by atoms with Gasteiger partial charge in [0.05, 0.1) is 24.5 Å². The molecule has 108 valence electrons. The molecule has 2 N–H and O–H groups in total. The molecule has 0 saturated carbocycles. The second-order valence-electron chi connectivity index (χ2n) is 4.58. The molecule has 0 saturated heterocycles. The second kappa shape index (κ2) is 7.00. The Kier molecular flexibility index (Phi) is 5.06. The lowest BCUT2D eigenvalue weighted by molar-refractivity contribution is 0.277. The molecule has 0 spiro atoms. The molecule has 1 unspecified atom stereocenters. The van der Waals surface area contributed by atoms with Crippen LogP contribution in [-0.4, -0.2) is 21.6 Å². The average molecular weight is 278 g/mol. The number of halogens is 1. The van der Waals surface area contributed by atoms with Crippen LogP contribution >= 0.6 is 0 Å². The molecule has 1 atom stereocenters. The van der Waals surface area contributed by atoms with Gasteiger partial charge in [-0.2, -0.15) is 0 Å². The van der Waals surface area contributed by atoms with Crippen molar-refractivity contribution in [2.45, 2.75) is 32.4 Å². The lowest BCUT2D eigenvalue weighted by Crippen LogP contribution is -2.10. The fourth-order valence-corrected chi connectivity index (χ4v) is 1.86. The van der Waals surface area contributed by atoms with E-state index in [1.54, 1.807) is 22.9 Å². The molecule has 2 rings (SSSR count). The maximum Gasteiger partial charge on any atom is 0.165 e. The number of rotatable bonds is 7. The quantitative estimate of drug-likeness (QED) is 0.844. The molecule has 6 heteroatoms. The first-order valence-electron chi connectivity index (χ1n) is 6.73. The van der Waals surface area contributed by atoms with Gasteiger partial charge in [0.2, 0.25) is 0 Å². The van der Waals surface area contributed by atoms with Crippen LogP contribution in [0.3, 0.4) is 0 Å². The molecule has 1 aromatic carbocycles. The van der Waals surface area contributed by atoms with Gasteiger partial charge >= 0.3 is 0 Å². The minimum Gasteiger partial charge on any atom is -0.489 e. The Bertz CT molecular complexity index is 543. The standard InChI is InChI=1S/C14H19FN4O/c1-2-5-12(16)13-10-19(18-17-13)8-9-20-14-7-4-3-6-11(14)15/h3-4,6-7,10,12H,2,5,8-9,16H2,1H3. The molecular weight excluding hydrogens is 259 g/mol. The molecule has 0 aliphatic carbocycles. The maximum atomic E-state index is 13.3. The van der Waals surface area contributed by atoms with Crippen molar-refractivity contribution in [3.8, 4) is 5.75 Å². The van der Waals surface area contributed by atoms with Gasteiger partial charge < -0.3 is 10.5 Å². The normalized spacial score (nSPS) is 12.3. The number of aromatic nitrogens is 3. The number of hydrogen-bond donors (Lipinski definition) is 1.